The lowest BCUT2D eigenvalue weighted by atomic mass is 9.74. The van der Waals surface area contributed by atoms with E-state index in [-0.39, 0.29) is 24.8 Å². The summed E-state index contributed by atoms with van der Waals surface area (Å²) in [6, 6.07) is 9.62. The number of nitrogens with zero attached hydrogens (tertiary/aromatic N) is 3. The minimum atomic E-state index is -1.03. The molecule has 0 saturated carbocycles. The number of aromatic nitrogens is 2. The summed E-state index contributed by atoms with van der Waals surface area (Å²) >= 11 is 0. The van der Waals surface area contributed by atoms with Crippen LogP contribution in [0.4, 0.5) is 4.79 Å². The van der Waals surface area contributed by atoms with E-state index in [0.717, 1.165) is 24.8 Å². The van der Waals surface area contributed by atoms with E-state index in [1.165, 1.54) is 0 Å². The van der Waals surface area contributed by atoms with Gasteiger partial charge in [-0.2, -0.15) is 0 Å². The zero-order chi connectivity index (χ0) is 18.0. The van der Waals surface area contributed by atoms with Crippen LogP contribution in [0.15, 0.2) is 48.9 Å². The molecule has 2 fully saturated rings. The SMILES string of the molecule is O=C(OCc1ccccc1)N1C2CCCC1CC(O)(c1cnccn1)C2. The van der Waals surface area contributed by atoms with Crippen molar-refractivity contribution >= 4 is 6.09 Å². The van der Waals surface area contributed by atoms with Crippen LogP contribution >= 0.6 is 0 Å². The van der Waals surface area contributed by atoms with Crippen LogP contribution in [-0.4, -0.2) is 38.2 Å². The monoisotopic (exact) mass is 353 g/mol. The van der Waals surface area contributed by atoms with Crippen molar-refractivity contribution in [3.8, 4) is 0 Å². The van der Waals surface area contributed by atoms with Crippen LogP contribution in [0.2, 0.25) is 0 Å². The van der Waals surface area contributed by atoms with Crippen LogP contribution in [0, 0.1) is 0 Å². The summed E-state index contributed by atoms with van der Waals surface area (Å²) in [5.41, 5.74) is 0.536. The van der Waals surface area contributed by atoms with E-state index in [2.05, 4.69) is 9.97 Å². The highest BCUT2D eigenvalue weighted by molar-refractivity contribution is 5.69. The zero-order valence-electron chi connectivity index (χ0n) is 14.6. The number of hydrogen-bond acceptors (Lipinski definition) is 5. The molecule has 2 atom stereocenters. The summed E-state index contributed by atoms with van der Waals surface area (Å²) in [4.78, 5) is 23.0. The molecular formula is C20H23N3O3. The number of fused-ring (bicyclic) bond motifs is 2. The van der Waals surface area contributed by atoms with E-state index >= 15 is 0 Å². The van der Waals surface area contributed by atoms with Crippen molar-refractivity contribution in [2.75, 3.05) is 0 Å². The fourth-order valence-electron chi connectivity index (χ4n) is 4.27. The minimum absolute atomic E-state index is 0.0298. The van der Waals surface area contributed by atoms with Crippen LogP contribution < -0.4 is 0 Å². The van der Waals surface area contributed by atoms with Crippen molar-refractivity contribution in [1.29, 1.82) is 0 Å². The Morgan fingerprint density at radius 2 is 1.92 bits per heavy atom. The Labute approximate surface area is 152 Å². The van der Waals surface area contributed by atoms with Crippen molar-refractivity contribution in [2.45, 2.75) is 56.4 Å². The van der Waals surface area contributed by atoms with Crippen LogP contribution in [-0.2, 0) is 16.9 Å². The summed E-state index contributed by atoms with van der Waals surface area (Å²) in [6.45, 7) is 0.268. The number of hydrogen-bond donors (Lipinski definition) is 1. The standard InChI is InChI=1S/C20H23N3O3/c24-19(26-14-15-5-2-1-3-6-15)23-16-7-4-8-17(23)12-20(25,11-16)18-13-21-9-10-22-18/h1-3,5-6,9-10,13,16-17,25H,4,7-8,11-12,14H2. The van der Waals surface area contributed by atoms with Crippen molar-refractivity contribution in [2.24, 2.45) is 0 Å². The zero-order valence-corrected chi connectivity index (χ0v) is 14.6. The van der Waals surface area contributed by atoms with E-state index < -0.39 is 5.60 Å². The van der Waals surface area contributed by atoms with Crippen molar-refractivity contribution in [3.63, 3.8) is 0 Å². The molecule has 2 unspecified atom stereocenters. The average molecular weight is 353 g/mol. The van der Waals surface area contributed by atoms with Gasteiger partial charge in [0.25, 0.3) is 0 Å². The molecule has 2 saturated heterocycles. The molecule has 0 radical (unpaired) electrons. The molecule has 3 heterocycles. The molecule has 2 bridgehead atoms. The van der Waals surface area contributed by atoms with Crippen molar-refractivity contribution in [3.05, 3.63) is 60.2 Å². The molecule has 2 aromatic rings. The van der Waals surface area contributed by atoms with Gasteiger partial charge in [0, 0.05) is 37.3 Å². The van der Waals surface area contributed by atoms with Crippen molar-refractivity contribution in [1.82, 2.24) is 14.9 Å². The second kappa shape index (κ2) is 7.03. The highest BCUT2D eigenvalue weighted by atomic mass is 16.6. The van der Waals surface area contributed by atoms with E-state index in [1.807, 2.05) is 35.2 Å². The Kier molecular flexibility index (Phi) is 4.59. The lowest BCUT2D eigenvalue weighted by Gasteiger charge is -2.50. The molecule has 2 aliphatic rings. The van der Waals surface area contributed by atoms with Crippen LogP contribution in [0.5, 0.6) is 0 Å². The fourth-order valence-corrected chi connectivity index (χ4v) is 4.27. The third kappa shape index (κ3) is 3.29. The third-order valence-corrected chi connectivity index (χ3v) is 5.46. The topological polar surface area (TPSA) is 75.5 Å². The number of piperidine rings is 2. The van der Waals surface area contributed by atoms with Gasteiger partial charge in [0.15, 0.2) is 0 Å². The van der Waals surface area contributed by atoms with E-state index in [4.69, 9.17) is 4.74 Å². The Morgan fingerprint density at radius 1 is 1.19 bits per heavy atom. The van der Waals surface area contributed by atoms with E-state index in [9.17, 15) is 9.90 Å². The van der Waals surface area contributed by atoms with Crippen molar-refractivity contribution < 1.29 is 14.6 Å². The Bertz CT molecular complexity index is 739. The third-order valence-electron chi connectivity index (χ3n) is 5.46. The quantitative estimate of drug-likeness (QED) is 0.918. The molecule has 0 aliphatic carbocycles. The lowest BCUT2D eigenvalue weighted by Crippen LogP contribution is -2.59. The first-order valence-electron chi connectivity index (χ1n) is 9.14. The fraction of sp³-hybridized carbons (Fsp3) is 0.450. The highest BCUT2D eigenvalue weighted by Crippen LogP contribution is 2.43. The second-order valence-electron chi connectivity index (χ2n) is 7.22. The van der Waals surface area contributed by atoms with Crippen LogP contribution in [0.3, 0.4) is 0 Å². The lowest BCUT2D eigenvalue weighted by molar-refractivity contribution is -0.0920. The Hall–Kier alpha value is -2.47. The maximum Gasteiger partial charge on any atom is 0.410 e. The Balaban J connectivity index is 1.48. The van der Waals surface area contributed by atoms with Crippen LogP contribution in [0.25, 0.3) is 0 Å². The van der Waals surface area contributed by atoms with Gasteiger partial charge in [-0.25, -0.2) is 4.79 Å². The summed E-state index contributed by atoms with van der Waals surface area (Å²) in [5, 5.41) is 11.2. The largest absolute Gasteiger partial charge is 0.445 e. The van der Waals surface area contributed by atoms with Gasteiger partial charge in [-0.05, 0) is 24.8 Å². The normalized spacial score (nSPS) is 27.8. The number of rotatable bonds is 3. The highest BCUT2D eigenvalue weighted by Gasteiger charge is 2.49. The van der Waals surface area contributed by atoms with Crippen LogP contribution in [0.1, 0.15) is 43.4 Å². The number of aliphatic hydroxyl groups is 1. The van der Waals surface area contributed by atoms with Gasteiger partial charge in [-0.1, -0.05) is 30.3 Å². The molecule has 0 spiro atoms. The summed E-state index contributed by atoms with van der Waals surface area (Å²) in [6.07, 6.45) is 8.30. The molecule has 6 heteroatoms. The van der Waals surface area contributed by atoms with Gasteiger partial charge in [0.05, 0.1) is 11.9 Å². The molecule has 1 amide bonds. The minimum Gasteiger partial charge on any atom is -0.445 e. The number of carbonyl (C=O) groups excluding carboxylic acids is 1. The molecule has 26 heavy (non-hydrogen) atoms. The average Bonchev–Trinajstić information content (AvgIpc) is 2.67. The second-order valence-corrected chi connectivity index (χ2v) is 7.22. The van der Waals surface area contributed by atoms with Gasteiger partial charge in [0.2, 0.25) is 0 Å². The number of amides is 1. The van der Waals surface area contributed by atoms with Gasteiger partial charge < -0.3 is 14.7 Å². The smallest absolute Gasteiger partial charge is 0.410 e. The molecule has 1 N–H and O–H groups in total. The predicted octanol–water partition coefficient (Wildman–Crippen LogP) is 3.02. The maximum atomic E-state index is 12.7. The maximum absolute atomic E-state index is 12.7. The molecular weight excluding hydrogens is 330 g/mol. The van der Waals surface area contributed by atoms with Gasteiger partial charge >= 0.3 is 6.09 Å². The summed E-state index contributed by atoms with van der Waals surface area (Å²) in [7, 11) is 0. The predicted molar refractivity (Wildman–Crippen MR) is 95.1 cm³/mol. The first kappa shape index (κ1) is 17.0. The number of ether oxygens (including phenoxy) is 1. The first-order valence-corrected chi connectivity index (χ1v) is 9.14. The van der Waals surface area contributed by atoms with Gasteiger partial charge in [0.1, 0.15) is 12.2 Å². The first-order chi connectivity index (χ1) is 12.7. The molecule has 4 rings (SSSR count). The molecule has 1 aromatic carbocycles. The van der Waals surface area contributed by atoms with Gasteiger partial charge in [-0.3, -0.25) is 9.97 Å². The van der Waals surface area contributed by atoms with E-state index in [0.29, 0.717) is 18.5 Å². The molecule has 136 valence electrons. The number of benzene rings is 1. The molecule has 2 aliphatic heterocycles. The summed E-state index contributed by atoms with van der Waals surface area (Å²) < 4.78 is 5.56. The Morgan fingerprint density at radius 3 is 2.58 bits per heavy atom. The van der Waals surface area contributed by atoms with E-state index in [1.54, 1.807) is 18.6 Å². The molecule has 1 aromatic heterocycles. The summed E-state index contributed by atoms with van der Waals surface area (Å²) in [5.74, 6) is 0. The van der Waals surface area contributed by atoms with Gasteiger partial charge in [-0.15, -0.1) is 0 Å². The number of carbonyl (C=O) groups is 1. The molecule has 6 nitrogen and oxygen atoms in total.